The van der Waals surface area contributed by atoms with Gasteiger partial charge in [-0.25, -0.2) is 0 Å². The highest BCUT2D eigenvalue weighted by Gasteiger charge is 2.31. The van der Waals surface area contributed by atoms with Crippen LogP contribution in [0.2, 0.25) is 0 Å². The van der Waals surface area contributed by atoms with E-state index in [0.717, 1.165) is 24.2 Å². The highest BCUT2D eigenvalue weighted by Crippen LogP contribution is 2.35. The molecule has 0 radical (unpaired) electrons. The molecule has 1 aliphatic rings. The second-order valence-corrected chi connectivity index (χ2v) is 5.61. The number of nitrogens with one attached hydrogen (secondary N) is 1. The predicted molar refractivity (Wildman–Crippen MR) is 85.7 cm³/mol. The molecule has 0 saturated heterocycles. The standard InChI is InChI=1S/C15H21N3OS/c1-4-9-18-13(10-14(19)17(2)3)11-7-5-6-8-12(11)16-15(18)20/h5-8,13H,4,9-10H2,1-3H3,(H,16,20). The van der Waals surface area contributed by atoms with Crippen LogP contribution in [0.1, 0.15) is 31.4 Å². The second kappa shape index (κ2) is 6.22. The summed E-state index contributed by atoms with van der Waals surface area (Å²) in [6, 6.07) is 8.09. The highest BCUT2D eigenvalue weighted by atomic mass is 32.1. The molecule has 0 aromatic heterocycles. The van der Waals surface area contributed by atoms with Gasteiger partial charge in [0.15, 0.2) is 5.11 Å². The summed E-state index contributed by atoms with van der Waals surface area (Å²) in [7, 11) is 3.58. The second-order valence-electron chi connectivity index (χ2n) is 5.22. The summed E-state index contributed by atoms with van der Waals surface area (Å²) < 4.78 is 0. The fourth-order valence-electron chi connectivity index (χ4n) is 2.46. The Kier molecular flexibility index (Phi) is 4.60. The maximum atomic E-state index is 12.1. The number of rotatable bonds is 4. The minimum atomic E-state index is 0.0230. The predicted octanol–water partition coefficient (Wildman–Crippen LogP) is 2.63. The molecule has 0 aliphatic carbocycles. The van der Waals surface area contributed by atoms with Crippen molar-refractivity contribution in [3.05, 3.63) is 29.8 Å². The van der Waals surface area contributed by atoms with Gasteiger partial charge in [0.2, 0.25) is 5.91 Å². The molecule has 20 heavy (non-hydrogen) atoms. The Balaban J connectivity index is 2.35. The van der Waals surface area contributed by atoms with E-state index in [-0.39, 0.29) is 11.9 Å². The van der Waals surface area contributed by atoms with Gasteiger partial charge >= 0.3 is 0 Å². The van der Waals surface area contributed by atoms with E-state index >= 15 is 0 Å². The van der Waals surface area contributed by atoms with Crippen molar-refractivity contribution in [3.8, 4) is 0 Å². The van der Waals surface area contributed by atoms with Crippen LogP contribution in [0.5, 0.6) is 0 Å². The van der Waals surface area contributed by atoms with Crippen molar-refractivity contribution in [1.82, 2.24) is 9.80 Å². The Labute approximate surface area is 125 Å². The van der Waals surface area contributed by atoms with Crippen LogP contribution in [0.15, 0.2) is 24.3 Å². The lowest BCUT2D eigenvalue weighted by atomic mass is 9.97. The lowest BCUT2D eigenvalue weighted by Gasteiger charge is -2.39. The summed E-state index contributed by atoms with van der Waals surface area (Å²) in [6.45, 7) is 2.97. The number of hydrogen-bond donors (Lipinski definition) is 1. The Morgan fingerprint density at radius 3 is 2.75 bits per heavy atom. The van der Waals surface area contributed by atoms with E-state index < -0.39 is 0 Å². The lowest BCUT2D eigenvalue weighted by molar-refractivity contribution is -0.129. The van der Waals surface area contributed by atoms with Gasteiger partial charge in [-0.2, -0.15) is 0 Å². The molecular formula is C15H21N3OS. The van der Waals surface area contributed by atoms with Gasteiger partial charge in [-0.3, -0.25) is 4.79 Å². The first-order valence-corrected chi connectivity index (χ1v) is 7.32. The third-order valence-corrected chi connectivity index (χ3v) is 3.87. The molecule has 5 heteroatoms. The zero-order chi connectivity index (χ0) is 14.7. The molecule has 0 spiro atoms. The Morgan fingerprint density at radius 1 is 1.40 bits per heavy atom. The first-order chi connectivity index (χ1) is 9.54. The van der Waals surface area contributed by atoms with Crippen molar-refractivity contribution in [2.24, 2.45) is 0 Å². The maximum absolute atomic E-state index is 12.1. The molecular weight excluding hydrogens is 270 g/mol. The molecule has 1 unspecified atom stereocenters. The number of hydrogen-bond acceptors (Lipinski definition) is 2. The minimum absolute atomic E-state index is 0.0230. The van der Waals surface area contributed by atoms with Crippen molar-refractivity contribution in [2.45, 2.75) is 25.8 Å². The Morgan fingerprint density at radius 2 is 2.10 bits per heavy atom. The third-order valence-electron chi connectivity index (χ3n) is 3.53. The molecule has 1 N–H and O–H groups in total. The number of anilines is 1. The third kappa shape index (κ3) is 2.93. The van der Waals surface area contributed by atoms with Crippen LogP contribution in [0, 0.1) is 0 Å². The lowest BCUT2D eigenvalue weighted by Crippen LogP contribution is -2.44. The Bertz CT molecular complexity index is 516. The van der Waals surface area contributed by atoms with Gasteiger partial charge in [-0.1, -0.05) is 25.1 Å². The van der Waals surface area contributed by atoms with E-state index in [1.54, 1.807) is 19.0 Å². The van der Waals surface area contributed by atoms with Gasteiger partial charge < -0.3 is 15.1 Å². The fourth-order valence-corrected chi connectivity index (χ4v) is 2.79. The summed E-state index contributed by atoms with van der Waals surface area (Å²) in [5, 5.41) is 3.97. The average Bonchev–Trinajstić information content (AvgIpc) is 2.42. The van der Waals surface area contributed by atoms with Crippen molar-refractivity contribution in [2.75, 3.05) is 26.0 Å². The molecule has 4 nitrogen and oxygen atoms in total. The molecule has 1 aromatic rings. The largest absolute Gasteiger partial charge is 0.349 e. The van der Waals surface area contributed by atoms with Crippen LogP contribution in [0.25, 0.3) is 0 Å². The monoisotopic (exact) mass is 291 g/mol. The molecule has 1 amide bonds. The van der Waals surface area contributed by atoms with Gasteiger partial charge in [0, 0.05) is 26.3 Å². The van der Waals surface area contributed by atoms with Crippen LogP contribution >= 0.6 is 12.2 Å². The molecule has 0 saturated carbocycles. The van der Waals surface area contributed by atoms with Gasteiger partial charge in [0.05, 0.1) is 12.5 Å². The SMILES string of the molecule is CCCN1C(=S)Nc2ccccc2C1CC(=O)N(C)C. The summed E-state index contributed by atoms with van der Waals surface area (Å²) in [4.78, 5) is 15.9. The summed E-state index contributed by atoms with van der Waals surface area (Å²) in [5.74, 6) is 0.121. The van der Waals surface area contributed by atoms with Crippen molar-refractivity contribution >= 4 is 28.9 Å². The quantitative estimate of drug-likeness (QED) is 0.865. The molecule has 0 bridgehead atoms. The zero-order valence-electron chi connectivity index (χ0n) is 12.2. The smallest absolute Gasteiger partial charge is 0.224 e. The molecule has 1 aromatic carbocycles. The van der Waals surface area contributed by atoms with Gasteiger partial charge in [0.25, 0.3) is 0 Å². The van der Waals surface area contributed by atoms with Crippen LogP contribution in [0.3, 0.4) is 0 Å². The first kappa shape index (κ1) is 14.8. The number of carbonyl (C=O) groups excluding carboxylic acids is 1. The van der Waals surface area contributed by atoms with E-state index in [9.17, 15) is 4.79 Å². The molecule has 2 rings (SSSR count). The number of para-hydroxylation sites is 1. The van der Waals surface area contributed by atoms with Gasteiger partial charge in [0.1, 0.15) is 0 Å². The van der Waals surface area contributed by atoms with E-state index in [0.29, 0.717) is 11.5 Å². The van der Waals surface area contributed by atoms with Crippen LogP contribution in [-0.2, 0) is 4.79 Å². The van der Waals surface area contributed by atoms with Crippen LogP contribution in [0.4, 0.5) is 5.69 Å². The Hall–Kier alpha value is -1.62. The topological polar surface area (TPSA) is 35.6 Å². The highest BCUT2D eigenvalue weighted by molar-refractivity contribution is 7.80. The first-order valence-electron chi connectivity index (χ1n) is 6.91. The number of thiocarbonyl (C=S) groups is 1. The van der Waals surface area contributed by atoms with Crippen LogP contribution < -0.4 is 5.32 Å². The molecule has 1 aliphatic heterocycles. The van der Waals surface area contributed by atoms with Gasteiger partial charge in [-0.05, 0) is 30.3 Å². The number of carbonyl (C=O) groups is 1. The van der Waals surface area contributed by atoms with E-state index in [1.807, 2.05) is 18.2 Å². The number of benzene rings is 1. The minimum Gasteiger partial charge on any atom is -0.349 e. The molecule has 1 heterocycles. The number of nitrogens with zero attached hydrogens (tertiary/aromatic N) is 2. The summed E-state index contributed by atoms with van der Waals surface area (Å²) in [5.41, 5.74) is 2.16. The summed E-state index contributed by atoms with van der Waals surface area (Å²) in [6.07, 6.45) is 1.45. The van der Waals surface area contributed by atoms with Gasteiger partial charge in [-0.15, -0.1) is 0 Å². The molecule has 108 valence electrons. The summed E-state index contributed by atoms with van der Waals surface area (Å²) >= 11 is 5.45. The van der Waals surface area contributed by atoms with E-state index in [2.05, 4.69) is 23.2 Å². The zero-order valence-corrected chi connectivity index (χ0v) is 13.0. The van der Waals surface area contributed by atoms with Crippen molar-refractivity contribution in [1.29, 1.82) is 0 Å². The van der Waals surface area contributed by atoms with E-state index in [1.165, 1.54) is 0 Å². The fraction of sp³-hybridized carbons (Fsp3) is 0.467. The maximum Gasteiger partial charge on any atom is 0.224 e. The number of fused-ring (bicyclic) bond motifs is 1. The van der Waals surface area contributed by atoms with E-state index in [4.69, 9.17) is 12.2 Å². The van der Waals surface area contributed by atoms with Crippen molar-refractivity contribution < 1.29 is 4.79 Å². The average molecular weight is 291 g/mol. The normalized spacial score (nSPS) is 17.4. The molecule has 0 fully saturated rings. The number of amides is 1. The molecule has 1 atom stereocenters. The van der Waals surface area contributed by atoms with Crippen molar-refractivity contribution in [3.63, 3.8) is 0 Å². The van der Waals surface area contributed by atoms with Crippen LogP contribution in [-0.4, -0.2) is 41.5 Å².